The maximum Gasteiger partial charge on any atom is 0.416 e. The van der Waals surface area contributed by atoms with Gasteiger partial charge in [-0.1, -0.05) is 24.3 Å². The summed E-state index contributed by atoms with van der Waals surface area (Å²) in [7, 11) is 0. The second kappa shape index (κ2) is 7.61. The fourth-order valence-electron chi connectivity index (χ4n) is 2.38. The number of carbonyl (C=O) groups is 1. The predicted molar refractivity (Wildman–Crippen MR) is 97.2 cm³/mol. The molecule has 1 amide bonds. The van der Waals surface area contributed by atoms with Crippen LogP contribution < -0.4 is 10.6 Å². The molecule has 2 N–H and O–H groups in total. The van der Waals surface area contributed by atoms with E-state index in [1.54, 1.807) is 30.3 Å². The minimum atomic E-state index is -4.39. The van der Waals surface area contributed by atoms with Gasteiger partial charge >= 0.3 is 6.18 Å². The van der Waals surface area contributed by atoms with Crippen LogP contribution in [0.5, 0.6) is 0 Å². The van der Waals surface area contributed by atoms with Gasteiger partial charge in [-0.25, -0.2) is 0 Å². The Bertz CT molecular complexity index is 847. The van der Waals surface area contributed by atoms with Crippen LogP contribution in [0.15, 0.2) is 72.1 Å². The molecule has 0 aliphatic carbocycles. The number of halogens is 3. The van der Waals surface area contributed by atoms with Crippen molar-refractivity contribution in [1.29, 1.82) is 0 Å². The van der Waals surface area contributed by atoms with Gasteiger partial charge in [0.25, 0.3) is 5.91 Å². The first-order chi connectivity index (χ1) is 12.4. The molecule has 2 aromatic carbocycles. The molecule has 0 radical (unpaired) electrons. The Morgan fingerprint density at radius 2 is 1.58 bits per heavy atom. The Hall–Kier alpha value is -2.80. The van der Waals surface area contributed by atoms with E-state index in [0.717, 1.165) is 17.0 Å². The van der Waals surface area contributed by atoms with Gasteiger partial charge in [0.1, 0.15) is 6.04 Å². The van der Waals surface area contributed by atoms with Gasteiger partial charge in [0.2, 0.25) is 0 Å². The zero-order valence-electron chi connectivity index (χ0n) is 13.5. The minimum Gasteiger partial charge on any atom is -0.369 e. The summed E-state index contributed by atoms with van der Waals surface area (Å²) in [5.41, 5.74) is 0.345. The number of para-hydroxylation sites is 1. The van der Waals surface area contributed by atoms with Gasteiger partial charge in [0.05, 0.1) is 5.56 Å². The maximum absolute atomic E-state index is 12.7. The van der Waals surface area contributed by atoms with Crippen LogP contribution >= 0.6 is 11.3 Å². The van der Waals surface area contributed by atoms with Gasteiger partial charge in [0.15, 0.2) is 0 Å². The van der Waals surface area contributed by atoms with Crippen LogP contribution in [-0.4, -0.2) is 5.91 Å². The highest BCUT2D eigenvalue weighted by molar-refractivity contribution is 7.10. The molecule has 26 heavy (non-hydrogen) atoms. The highest BCUT2D eigenvalue weighted by Crippen LogP contribution is 2.31. The number of rotatable bonds is 5. The van der Waals surface area contributed by atoms with Gasteiger partial charge in [0, 0.05) is 16.3 Å². The van der Waals surface area contributed by atoms with Crippen molar-refractivity contribution in [3.05, 3.63) is 82.6 Å². The van der Waals surface area contributed by atoms with E-state index in [9.17, 15) is 18.0 Å². The fourth-order valence-corrected chi connectivity index (χ4v) is 3.15. The molecule has 3 rings (SSSR count). The largest absolute Gasteiger partial charge is 0.416 e. The van der Waals surface area contributed by atoms with Crippen molar-refractivity contribution in [1.82, 2.24) is 0 Å². The van der Waals surface area contributed by atoms with Crippen molar-refractivity contribution in [3.63, 3.8) is 0 Å². The van der Waals surface area contributed by atoms with E-state index in [4.69, 9.17) is 0 Å². The van der Waals surface area contributed by atoms with Crippen LogP contribution in [0, 0.1) is 0 Å². The number of nitrogens with one attached hydrogen (secondary N) is 2. The molecule has 0 aliphatic heterocycles. The molecule has 0 bridgehead atoms. The Balaban J connectivity index is 1.80. The second-order valence-electron chi connectivity index (χ2n) is 5.52. The van der Waals surface area contributed by atoms with E-state index in [0.29, 0.717) is 11.4 Å². The number of amides is 1. The molecule has 3 nitrogen and oxygen atoms in total. The molecule has 0 saturated carbocycles. The minimum absolute atomic E-state index is 0.293. The van der Waals surface area contributed by atoms with Crippen LogP contribution in [-0.2, 0) is 11.0 Å². The van der Waals surface area contributed by atoms with Gasteiger partial charge < -0.3 is 10.6 Å². The Morgan fingerprint density at radius 3 is 2.15 bits per heavy atom. The number of hydrogen-bond acceptors (Lipinski definition) is 3. The van der Waals surface area contributed by atoms with Crippen molar-refractivity contribution in [2.45, 2.75) is 12.2 Å². The molecule has 3 aromatic rings. The lowest BCUT2D eigenvalue weighted by Gasteiger charge is -2.19. The summed E-state index contributed by atoms with van der Waals surface area (Å²) in [6.45, 7) is 0. The first kappa shape index (κ1) is 18.0. The first-order valence-corrected chi connectivity index (χ1v) is 8.64. The van der Waals surface area contributed by atoms with E-state index in [1.807, 2.05) is 17.5 Å². The summed E-state index contributed by atoms with van der Waals surface area (Å²) in [4.78, 5) is 13.5. The third-order valence-electron chi connectivity index (χ3n) is 3.65. The van der Waals surface area contributed by atoms with Gasteiger partial charge in [-0.2, -0.15) is 13.2 Å². The monoisotopic (exact) mass is 376 g/mol. The molecule has 134 valence electrons. The molecule has 0 spiro atoms. The lowest BCUT2D eigenvalue weighted by atomic mass is 10.1. The van der Waals surface area contributed by atoms with Crippen LogP contribution in [0.25, 0.3) is 0 Å². The quantitative estimate of drug-likeness (QED) is 0.612. The van der Waals surface area contributed by atoms with E-state index < -0.39 is 17.8 Å². The second-order valence-corrected chi connectivity index (χ2v) is 6.50. The lowest BCUT2D eigenvalue weighted by Crippen LogP contribution is -2.26. The van der Waals surface area contributed by atoms with Crippen LogP contribution in [0.4, 0.5) is 24.5 Å². The summed E-state index contributed by atoms with van der Waals surface area (Å²) in [5.74, 6) is -0.293. The number of benzene rings is 2. The van der Waals surface area contributed by atoms with Gasteiger partial charge in [-0.3, -0.25) is 4.79 Å². The number of alkyl halides is 3. The van der Waals surface area contributed by atoms with E-state index in [-0.39, 0.29) is 5.91 Å². The molecule has 0 fully saturated rings. The number of hydrogen-bond donors (Lipinski definition) is 2. The van der Waals surface area contributed by atoms with Crippen LogP contribution in [0.2, 0.25) is 0 Å². The van der Waals surface area contributed by atoms with Gasteiger partial charge in [-0.05, 0) is 47.8 Å². The van der Waals surface area contributed by atoms with E-state index in [2.05, 4.69) is 10.6 Å². The smallest absolute Gasteiger partial charge is 0.369 e. The van der Waals surface area contributed by atoms with Crippen molar-refractivity contribution in [2.75, 3.05) is 10.6 Å². The Labute approximate surface area is 152 Å². The van der Waals surface area contributed by atoms with E-state index in [1.165, 1.54) is 23.5 Å². The molecule has 1 unspecified atom stereocenters. The summed E-state index contributed by atoms with van der Waals surface area (Å²) < 4.78 is 38.1. The molecular weight excluding hydrogens is 361 g/mol. The zero-order valence-corrected chi connectivity index (χ0v) is 14.3. The summed E-state index contributed by atoms with van der Waals surface area (Å²) in [5, 5.41) is 7.66. The first-order valence-electron chi connectivity index (χ1n) is 7.76. The summed E-state index contributed by atoms with van der Waals surface area (Å²) >= 11 is 1.39. The highest BCUT2D eigenvalue weighted by Gasteiger charge is 2.30. The topological polar surface area (TPSA) is 41.1 Å². The molecule has 7 heteroatoms. The van der Waals surface area contributed by atoms with Crippen molar-refractivity contribution in [3.8, 4) is 0 Å². The zero-order chi connectivity index (χ0) is 18.6. The van der Waals surface area contributed by atoms with Crippen LogP contribution in [0.1, 0.15) is 16.5 Å². The average Bonchev–Trinajstić information content (AvgIpc) is 3.14. The summed E-state index contributed by atoms with van der Waals surface area (Å²) in [6.07, 6.45) is -4.39. The van der Waals surface area contributed by atoms with Crippen molar-refractivity contribution in [2.24, 2.45) is 0 Å². The number of anilines is 2. The SMILES string of the molecule is O=C(Nc1ccccc1)C(Nc1ccc(C(F)(F)F)cc1)c1cccs1. The molecule has 1 atom stereocenters. The van der Waals surface area contributed by atoms with Crippen LogP contribution in [0.3, 0.4) is 0 Å². The molecule has 1 aromatic heterocycles. The number of thiophene rings is 1. The van der Waals surface area contributed by atoms with E-state index >= 15 is 0 Å². The Kier molecular flexibility index (Phi) is 5.27. The third kappa shape index (κ3) is 4.43. The van der Waals surface area contributed by atoms with Gasteiger partial charge in [-0.15, -0.1) is 11.3 Å². The number of carbonyl (C=O) groups excluding carboxylic acids is 1. The average molecular weight is 376 g/mol. The Morgan fingerprint density at radius 1 is 0.885 bits per heavy atom. The standard InChI is InChI=1S/C19H15F3N2OS/c20-19(21,22)13-8-10-15(11-9-13)23-17(16-7-4-12-26-16)18(25)24-14-5-2-1-3-6-14/h1-12,17,23H,(H,24,25). The fraction of sp³-hybridized carbons (Fsp3) is 0.105. The maximum atomic E-state index is 12.7. The molecular formula is C19H15F3N2OS. The van der Waals surface area contributed by atoms with Crippen molar-refractivity contribution >= 4 is 28.6 Å². The summed E-state index contributed by atoms with van der Waals surface area (Å²) in [6, 6.07) is 16.5. The molecule has 1 heterocycles. The molecule has 0 saturated heterocycles. The molecule has 0 aliphatic rings. The normalized spacial score (nSPS) is 12.4. The highest BCUT2D eigenvalue weighted by atomic mass is 32.1. The predicted octanol–water partition coefficient (Wildman–Crippen LogP) is 5.56. The third-order valence-corrected chi connectivity index (χ3v) is 4.59. The lowest BCUT2D eigenvalue weighted by molar-refractivity contribution is -0.137. The van der Waals surface area contributed by atoms with Crippen molar-refractivity contribution < 1.29 is 18.0 Å².